The van der Waals surface area contributed by atoms with E-state index in [1.807, 2.05) is 6.07 Å². The van der Waals surface area contributed by atoms with E-state index in [2.05, 4.69) is 10.6 Å². The van der Waals surface area contributed by atoms with E-state index in [0.717, 1.165) is 0 Å². The highest BCUT2D eigenvalue weighted by atomic mass is 16.6. The number of para-hydroxylation sites is 1. The van der Waals surface area contributed by atoms with Gasteiger partial charge < -0.3 is 20.1 Å². The Balaban J connectivity index is 1.49. The number of amides is 2. The Morgan fingerprint density at radius 1 is 0.714 bits per heavy atom. The first-order chi connectivity index (χ1) is 13.7. The second-order valence-electron chi connectivity index (χ2n) is 6.18. The van der Waals surface area contributed by atoms with Crippen molar-refractivity contribution in [1.82, 2.24) is 0 Å². The molecule has 0 saturated heterocycles. The highest BCUT2D eigenvalue weighted by Gasteiger charge is 2.20. The SMILES string of the molecule is O=C(Nc1cccc(NC(=O)c2cccc3c2OCCO3)c1)c1ccccc1. The minimum Gasteiger partial charge on any atom is -0.486 e. The fourth-order valence-electron chi connectivity index (χ4n) is 2.92. The molecule has 0 saturated carbocycles. The number of nitrogens with one attached hydrogen (secondary N) is 2. The number of fused-ring (bicyclic) bond motifs is 1. The molecule has 0 spiro atoms. The first kappa shape index (κ1) is 17.6. The zero-order chi connectivity index (χ0) is 19.3. The minimum atomic E-state index is -0.311. The van der Waals surface area contributed by atoms with Crippen LogP contribution < -0.4 is 20.1 Å². The Labute approximate surface area is 162 Å². The Bertz CT molecular complexity index is 1020. The van der Waals surface area contributed by atoms with Crippen molar-refractivity contribution in [2.24, 2.45) is 0 Å². The van der Waals surface area contributed by atoms with Gasteiger partial charge in [0.1, 0.15) is 13.2 Å². The van der Waals surface area contributed by atoms with E-state index < -0.39 is 0 Å². The predicted molar refractivity (Wildman–Crippen MR) is 106 cm³/mol. The number of hydrogen-bond donors (Lipinski definition) is 2. The van der Waals surface area contributed by atoms with Gasteiger partial charge in [-0.15, -0.1) is 0 Å². The van der Waals surface area contributed by atoms with Crippen LogP contribution in [0.4, 0.5) is 11.4 Å². The lowest BCUT2D eigenvalue weighted by Gasteiger charge is -2.20. The summed E-state index contributed by atoms with van der Waals surface area (Å²) in [6.45, 7) is 0.861. The molecule has 0 radical (unpaired) electrons. The Morgan fingerprint density at radius 2 is 1.39 bits per heavy atom. The molecule has 3 aromatic rings. The van der Waals surface area contributed by atoms with E-state index in [1.165, 1.54) is 0 Å². The summed E-state index contributed by atoms with van der Waals surface area (Å²) in [5.74, 6) is 0.475. The lowest BCUT2D eigenvalue weighted by Crippen LogP contribution is -2.20. The number of carbonyl (C=O) groups excluding carboxylic acids is 2. The van der Waals surface area contributed by atoms with Crippen LogP contribution in [0.15, 0.2) is 72.8 Å². The van der Waals surface area contributed by atoms with Gasteiger partial charge in [-0.05, 0) is 42.5 Å². The molecule has 0 bridgehead atoms. The summed E-state index contributed by atoms with van der Waals surface area (Å²) in [4.78, 5) is 25.0. The molecule has 0 unspecified atom stereocenters. The van der Waals surface area contributed by atoms with E-state index in [4.69, 9.17) is 9.47 Å². The summed E-state index contributed by atoms with van der Waals surface area (Å²) in [7, 11) is 0. The van der Waals surface area contributed by atoms with Crippen LogP contribution in [0.25, 0.3) is 0 Å². The molecule has 0 aromatic heterocycles. The zero-order valence-corrected chi connectivity index (χ0v) is 15.0. The molecule has 0 atom stereocenters. The van der Waals surface area contributed by atoms with Crippen molar-refractivity contribution in [3.63, 3.8) is 0 Å². The lowest BCUT2D eigenvalue weighted by atomic mass is 10.1. The van der Waals surface area contributed by atoms with Gasteiger partial charge in [-0.3, -0.25) is 9.59 Å². The van der Waals surface area contributed by atoms with Crippen molar-refractivity contribution in [2.75, 3.05) is 23.8 Å². The van der Waals surface area contributed by atoms with Gasteiger partial charge >= 0.3 is 0 Å². The average Bonchev–Trinajstić information content (AvgIpc) is 2.74. The van der Waals surface area contributed by atoms with Crippen LogP contribution in [0.2, 0.25) is 0 Å². The van der Waals surface area contributed by atoms with E-state index in [0.29, 0.717) is 47.2 Å². The third kappa shape index (κ3) is 3.81. The molecule has 28 heavy (non-hydrogen) atoms. The molecular formula is C22H18N2O4. The number of benzene rings is 3. The van der Waals surface area contributed by atoms with Crippen molar-refractivity contribution >= 4 is 23.2 Å². The Kier molecular flexibility index (Phi) is 4.93. The highest BCUT2D eigenvalue weighted by molar-refractivity contribution is 6.08. The number of anilines is 2. The van der Waals surface area contributed by atoms with Gasteiger partial charge in [-0.2, -0.15) is 0 Å². The van der Waals surface area contributed by atoms with Crippen molar-refractivity contribution in [1.29, 1.82) is 0 Å². The molecular weight excluding hydrogens is 356 g/mol. The van der Waals surface area contributed by atoms with Crippen molar-refractivity contribution < 1.29 is 19.1 Å². The van der Waals surface area contributed by atoms with E-state index >= 15 is 0 Å². The molecule has 0 fully saturated rings. The molecule has 1 aliphatic heterocycles. The molecule has 2 N–H and O–H groups in total. The van der Waals surface area contributed by atoms with Crippen LogP contribution >= 0.6 is 0 Å². The van der Waals surface area contributed by atoms with Crippen molar-refractivity contribution in [3.05, 3.63) is 83.9 Å². The second kappa shape index (κ2) is 7.84. The normalized spacial score (nSPS) is 12.1. The van der Waals surface area contributed by atoms with E-state index in [9.17, 15) is 9.59 Å². The molecule has 1 heterocycles. The van der Waals surface area contributed by atoms with E-state index in [-0.39, 0.29) is 11.8 Å². The first-order valence-electron chi connectivity index (χ1n) is 8.87. The summed E-state index contributed by atoms with van der Waals surface area (Å²) in [5, 5.41) is 5.66. The lowest BCUT2D eigenvalue weighted by molar-refractivity contribution is 0.101. The Hall–Kier alpha value is -3.80. The van der Waals surface area contributed by atoms with Gasteiger partial charge in [0.15, 0.2) is 11.5 Å². The van der Waals surface area contributed by atoms with E-state index in [1.54, 1.807) is 66.7 Å². The minimum absolute atomic E-state index is 0.216. The highest BCUT2D eigenvalue weighted by Crippen LogP contribution is 2.34. The van der Waals surface area contributed by atoms with Crippen molar-refractivity contribution in [3.8, 4) is 11.5 Å². The summed E-state index contributed by atoms with van der Waals surface area (Å²) >= 11 is 0. The predicted octanol–water partition coefficient (Wildman–Crippen LogP) is 3.96. The standard InChI is InChI=1S/C22H18N2O4/c25-21(15-6-2-1-3-7-15)23-16-8-4-9-17(14-16)24-22(26)18-10-5-11-19-20(18)28-13-12-27-19/h1-11,14H,12-13H2,(H,23,25)(H,24,26). The van der Waals surface area contributed by atoms with Gasteiger partial charge in [0.25, 0.3) is 11.8 Å². The number of rotatable bonds is 4. The topological polar surface area (TPSA) is 76.7 Å². The maximum Gasteiger partial charge on any atom is 0.259 e. The van der Waals surface area contributed by atoms with Crippen LogP contribution in [0.5, 0.6) is 11.5 Å². The molecule has 1 aliphatic rings. The number of carbonyl (C=O) groups is 2. The summed E-state index contributed by atoms with van der Waals surface area (Å²) < 4.78 is 11.1. The molecule has 6 nitrogen and oxygen atoms in total. The summed E-state index contributed by atoms with van der Waals surface area (Å²) in [5.41, 5.74) is 2.10. The molecule has 3 aromatic carbocycles. The molecule has 140 valence electrons. The van der Waals surface area contributed by atoms with Crippen LogP contribution in [0.1, 0.15) is 20.7 Å². The van der Waals surface area contributed by atoms with Crippen LogP contribution in [0, 0.1) is 0 Å². The quantitative estimate of drug-likeness (QED) is 0.725. The van der Waals surface area contributed by atoms with Gasteiger partial charge in [-0.1, -0.05) is 30.3 Å². The van der Waals surface area contributed by atoms with Crippen LogP contribution in [-0.2, 0) is 0 Å². The molecule has 4 rings (SSSR count). The third-order valence-corrected chi connectivity index (χ3v) is 4.23. The zero-order valence-electron chi connectivity index (χ0n) is 15.0. The second-order valence-corrected chi connectivity index (χ2v) is 6.18. The monoisotopic (exact) mass is 374 g/mol. The number of ether oxygens (including phenoxy) is 2. The maximum atomic E-state index is 12.7. The number of hydrogen-bond acceptors (Lipinski definition) is 4. The van der Waals surface area contributed by atoms with Gasteiger partial charge in [0.05, 0.1) is 5.56 Å². The average molecular weight is 374 g/mol. The molecule has 6 heteroatoms. The summed E-state index contributed by atoms with van der Waals surface area (Å²) in [6, 6.07) is 21.1. The van der Waals surface area contributed by atoms with Crippen molar-refractivity contribution in [2.45, 2.75) is 0 Å². The smallest absolute Gasteiger partial charge is 0.259 e. The van der Waals surface area contributed by atoms with Gasteiger partial charge in [-0.25, -0.2) is 0 Å². The third-order valence-electron chi connectivity index (χ3n) is 4.23. The Morgan fingerprint density at radius 3 is 2.18 bits per heavy atom. The molecule has 2 amide bonds. The van der Waals surface area contributed by atoms with Gasteiger partial charge in [0.2, 0.25) is 0 Å². The van der Waals surface area contributed by atoms with Crippen LogP contribution in [0.3, 0.4) is 0 Å². The first-order valence-corrected chi connectivity index (χ1v) is 8.87. The summed E-state index contributed by atoms with van der Waals surface area (Å²) in [6.07, 6.45) is 0. The maximum absolute atomic E-state index is 12.7. The largest absolute Gasteiger partial charge is 0.486 e. The van der Waals surface area contributed by atoms with Gasteiger partial charge in [0, 0.05) is 16.9 Å². The fourth-order valence-corrected chi connectivity index (χ4v) is 2.92. The van der Waals surface area contributed by atoms with Crippen LogP contribution in [-0.4, -0.2) is 25.0 Å². The molecule has 0 aliphatic carbocycles. The fraction of sp³-hybridized carbons (Fsp3) is 0.0909.